The van der Waals surface area contributed by atoms with Gasteiger partial charge in [0.1, 0.15) is 17.2 Å². The van der Waals surface area contributed by atoms with Crippen LogP contribution in [0.4, 0.5) is 11.4 Å². The van der Waals surface area contributed by atoms with Gasteiger partial charge in [0.15, 0.2) is 0 Å². The van der Waals surface area contributed by atoms with Gasteiger partial charge in [-0.05, 0) is 47.4 Å². The Bertz CT molecular complexity index is 1140. The number of nitrogens with zero attached hydrogens (tertiary/aromatic N) is 1. The summed E-state index contributed by atoms with van der Waals surface area (Å²) in [4.78, 5) is 15.3. The number of carbonyl (C=O) groups excluding carboxylic acids is 1. The van der Waals surface area contributed by atoms with Crippen LogP contribution in [0.25, 0.3) is 0 Å². The second kappa shape index (κ2) is 9.18. The molecule has 1 N–H and O–H groups in total. The minimum absolute atomic E-state index is 0.0981. The summed E-state index contributed by atoms with van der Waals surface area (Å²) in [6.07, 6.45) is 1.98. The normalized spacial score (nSPS) is 15.7. The number of carbonyl (C=O) groups is 1. The van der Waals surface area contributed by atoms with Gasteiger partial charge in [0.05, 0.1) is 20.3 Å². The van der Waals surface area contributed by atoms with Crippen LogP contribution in [0.5, 0.6) is 11.5 Å². The van der Waals surface area contributed by atoms with Gasteiger partial charge in [-0.3, -0.25) is 9.69 Å². The van der Waals surface area contributed by atoms with Gasteiger partial charge < -0.3 is 14.8 Å². The number of anilines is 2. The molecule has 164 valence electrons. The monoisotopic (exact) mass is 428 g/mol. The van der Waals surface area contributed by atoms with Gasteiger partial charge in [-0.25, -0.2) is 0 Å². The Morgan fingerprint density at radius 2 is 1.53 bits per heavy atom. The molecule has 32 heavy (non-hydrogen) atoms. The zero-order chi connectivity index (χ0) is 22.7. The van der Waals surface area contributed by atoms with E-state index in [2.05, 4.69) is 43.4 Å². The van der Waals surface area contributed by atoms with Crippen molar-refractivity contribution >= 4 is 17.3 Å². The molecule has 0 aromatic heterocycles. The van der Waals surface area contributed by atoms with E-state index in [1.54, 1.807) is 19.1 Å². The van der Waals surface area contributed by atoms with Gasteiger partial charge in [0.2, 0.25) is 0 Å². The molecule has 5 nitrogen and oxygen atoms in total. The number of rotatable bonds is 7. The van der Waals surface area contributed by atoms with E-state index in [1.165, 1.54) is 5.56 Å². The van der Waals surface area contributed by atoms with Gasteiger partial charge in [-0.2, -0.15) is 0 Å². The Morgan fingerprint density at radius 1 is 0.875 bits per heavy atom. The molecule has 1 aliphatic heterocycles. The van der Waals surface area contributed by atoms with Crippen LogP contribution in [0, 0.1) is 0 Å². The lowest BCUT2D eigenvalue weighted by Gasteiger charge is -2.26. The lowest BCUT2D eigenvalue weighted by molar-refractivity contribution is -0.114. The van der Waals surface area contributed by atoms with Crippen molar-refractivity contribution in [3.05, 3.63) is 95.7 Å². The van der Waals surface area contributed by atoms with Crippen LogP contribution >= 0.6 is 0 Å². The van der Waals surface area contributed by atoms with Crippen molar-refractivity contribution in [2.24, 2.45) is 0 Å². The van der Waals surface area contributed by atoms with Crippen LogP contribution in [-0.4, -0.2) is 20.1 Å². The number of nitrogens with one attached hydrogen (secondary N) is 1. The lowest BCUT2D eigenvalue weighted by atomic mass is 9.98. The maximum absolute atomic E-state index is 13.5. The molecule has 0 spiro atoms. The molecule has 0 bridgehead atoms. The molecular formula is C27H28N2O3. The quantitative estimate of drug-likeness (QED) is 0.508. The van der Waals surface area contributed by atoms with Gasteiger partial charge in [0.25, 0.3) is 5.91 Å². The molecule has 4 rings (SSSR count). The van der Waals surface area contributed by atoms with Crippen molar-refractivity contribution < 1.29 is 14.3 Å². The largest absolute Gasteiger partial charge is 0.497 e. The van der Waals surface area contributed by atoms with E-state index in [0.717, 1.165) is 22.7 Å². The van der Waals surface area contributed by atoms with Gasteiger partial charge in [-0.1, -0.05) is 50.2 Å². The van der Waals surface area contributed by atoms with Crippen LogP contribution in [0.15, 0.2) is 84.6 Å². The van der Waals surface area contributed by atoms with E-state index in [1.807, 2.05) is 54.6 Å². The highest BCUT2D eigenvalue weighted by Crippen LogP contribution is 2.37. The minimum Gasteiger partial charge on any atom is -0.497 e. The van der Waals surface area contributed by atoms with Gasteiger partial charge in [0, 0.05) is 23.5 Å². The van der Waals surface area contributed by atoms with E-state index in [-0.39, 0.29) is 11.9 Å². The molecule has 0 saturated heterocycles. The fourth-order valence-corrected chi connectivity index (χ4v) is 3.87. The topological polar surface area (TPSA) is 50.8 Å². The minimum atomic E-state index is -0.232. The summed E-state index contributed by atoms with van der Waals surface area (Å²) in [5.41, 5.74) is 4.42. The molecular weight excluding hydrogens is 400 g/mol. The highest BCUT2D eigenvalue weighted by molar-refractivity contribution is 6.11. The zero-order valence-corrected chi connectivity index (χ0v) is 18.8. The van der Waals surface area contributed by atoms with Gasteiger partial charge >= 0.3 is 0 Å². The summed E-state index contributed by atoms with van der Waals surface area (Å²) in [6, 6.07) is 23.4. The van der Waals surface area contributed by atoms with E-state index >= 15 is 0 Å². The van der Waals surface area contributed by atoms with Crippen molar-refractivity contribution in [2.45, 2.75) is 25.8 Å². The fraction of sp³-hybridized carbons (Fsp3) is 0.222. The Hall–Kier alpha value is -3.73. The molecule has 3 aromatic carbocycles. The maximum Gasteiger partial charge on any atom is 0.275 e. The van der Waals surface area contributed by atoms with Crippen molar-refractivity contribution in [3.63, 3.8) is 0 Å². The highest BCUT2D eigenvalue weighted by Gasteiger charge is 2.35. The fourth-order valence-electron chi connectivity index (χ4n) is 3.87. The summed E-state index contributed by atoms with van der Waals surface area (Å²) in [5.74, 6) is 1.79. The number of ether oxygens (including phenoxy) is 2. The molecule has 1 atom stereocenters. The third-order valence-electron chi connectivity index (χ3n) is 5.68. The van der Waals surface area contributed by atoms with E-state index < -0.39 is 0 Å². The first-order valence-corrected chi connectivity index (χ1v) is 10.7. The van der Waals surface area contributed by atoms with Crippen molar-refractivity contribution in [2.75, 3.05) is 24.4 Å². The second-order valence-electron chi connectivity index (χ2n) is 8.08. The first-order valence-electron chi connectivity index (χ1n) is 10.7. The molecule has 0 saturated carbocycles. The second-order valence-corrected chi connectivity index (χ2v) is 8.08. The summed E-state index contributed by atoms with van der Waals surface area (Å²) in [6.45, 7) is 4.35. The molecule has 0 aliphatic carbocycles. The number of amides is 1. The smallest absolute Gasteiger partial charge is 0.275 e. The van der Waals surface area contributed by atoms with Crippen molar-refractivity contribution in [3.8, 4) is 11.5 Å². The average Bonchev–Trinajstić information content (AvgIpc) is 3.15. The van der Waals surface area contributed by atoms with Crippen LogP contribution in [0.3, 0.4) is 0 Å². The number of methoxy groups -OCH3 is 2. The number of benzene rings is 3. The SMILES string of the molecule is COc1cccc(NC2=C[C@@H](c3ccc(C(C)C)cc3)N(c3cccc(OC)c3)C2=O)c1. The maximum atomic E-state index is 13.5. The standard InChI is InChI=1S/C27H28N2O3/c1-18(2)19-11-13-20(14-12-19)26-17-25(28-21-7-5-9-23(15-21)31-3)27(30)29(26)22-8-6-10-24(16-22)32-4/h5-18,26,28H,1-4H3/t26-/m0/s1. The first kappa shape index (κ1) is 21.5. The van der Waals surface area contributed by atoms with E-state index in [9.17, 15) is 4.79 Å². The molecule has 0 radical (unpaired) electrons. The Balaban J connectivity index is 1.72. The molecule has 1 aliphatic rings. The van der Waals surface area contributed by atoms with Crippen molar-refractivity contribution in [1.29, 1.82) is 0 Å². The summed E-state index contributed by atoms with van der Waals surface area (Å²) >= 11 is 0. The highest BCUT2D eigenvalue weighted by atomic mass is 16.5. The predicted octanol–water partition coefficient (Wildman–Crippen LogP) is 5.91. The zero-order valence-electron chi connectivity index (χ0n) is 18.8. The molecule has 1 heterocycles. The van der Waals surface area contributed by atoms with E-state index in [4.69, 9.17) is 9.47 Å². The third-order valence-corrected chi connectivity index (χ3v) is 5.68. The van der Waals surface area contributed by atoms with E-state index in [0.29, 0.717) is 17.4 Å². The summed E-state index contributed by atoms with van der Waals surface area (Å²) < 4.78 is 10.7. The van der Waals surface area contributed by atoms with Crippen LogP contribution < -0.4 is 19.7 Å². The van der Waals surface area contributed by atoms with Crippen LogP contribution in [-0.2, 0) is 4.79 Å². The average molecular weight is 429 g/mol. The number of hydrogen-bond donors (Lipinski definition) is 1. The number of hydrogen-bond acceptors (Lipinski definition) is 4. The van der Waals surface area contributed by atoms with Gasteiger partial charge in [-0.15, -0.1) is 0 Å². The molecule has 3 aromatic rings. The van der Waals surface area contributed by atoms with Crippen molar-refractivity contribution in [1.82, 2.24) is 0 Å². The summed E-state index contributed by atoms with van der Waals surface area (Å²) in [5, 5.41) is 3.28. The summed E-state index contributed by atoms with van der Waals surface area (Å²) in [7, 11) is 3.25. The third kappa shape index (κ3) is 4.33. The van der Waals surface area contributed by atoms with Crippen LogP contribution in [0.1, 0.15) is 36.9 Å². The molecule has 0 fully saturated rings. The Labute approximate surface area is 189 Å². The molecule has 1 amide bonds. The Kier molecular flexibility index (Phi) is 6.17. The van der Waals surface area contributed by atoms with Crippen LogP contribution in [0.2, 0.25) is 0 Å². The lowest BCUT2D eigenvalue weighted by Crippen LogP contribution is -2.30. The predicted molar refractivity (Wildman–Crippen MR) is 128 cm³/mol. The molecule has 5 heteroatoms. The first-order chi connectivity index (χ1) is 15.5. The Morgan fingerprint density at radius 3 is 2.19 bits per heavy atom. The molecule has 0 unspecified atom stereocenters.